The van der Waals surface area contributed by atoms with Crippen LogP contribution in [0.2, 0.25) is 0 Å². The highest BCUT2D eigenvalue weighted by Gasteiger charge is 2.34. The van der Waals surface area contributed by atoms with Gasteiger partial charge in [-0.05, 0) is 36.6 Å². The maximum Gasteiger partial charge on any atom is 0.338 e. The first-order valence-corrected chi connectivity index (χ1v) is 13.1. The predicted octanol–water partition coefficient (Wildman–Crippen LogP) is 4.24. The second kappa shape index (κ2) is 12.2. The van der Waals surface area contributed by atoms with Crippen molar-refractivity contribution < 1.29 is 23.8 Å². The smallest absolute Gasteiger partial charge is 0.338 e. The van der Waals surface area contributed by atoms with Gasteiger partial charge in [-0.15, -0.1) is 11.3 Å². The van der Waals surface area contributed by atoms with E-state index < -0.39 is 29.8 Å². The highest BCUT2D eigenvalue weighted by Crippen LogP contribution is 2.36. The number of rotatable bonds is 10. The number of hydrogen-bond acceptors (Lipinski definition) is 8. The molecule has 1 aromatic heterocycles. The molecule has 0 saturated carbocycles. The number of carboxylic acids is 1. The summed E-state index contributed by atoms with van der Waals surface area (Å²) in [6.07, 6.45) is 1.88. The summed E-state index contributed by atoms with van der Waals surface area (Å²) < 4.78 is 19.7. The van der Waals surface area contributed by atoms with Crippen molar-refractivity contribution in [3.63, 3.8) is 0 Å². The van der Waals surface area contributed by atoms with Crippen molar-refractivity contribution in [2.75, 3.05) is 13.2 Å². The van der Waals surface area contributed by atoms with Crippen molar-refractivity contribution in [2.24, 2.45) is 4.99 Å². The predicted molar refractivity (Wildman–Crippen MR) is 142 cm³/mol. The van der Waals surface area contributed by atoms with Crippen LogP contribution in [0, 0.1) is 5.82 Å². The lowest BCUT2D eigenvalue weighted by molar-refractivity contribution is -0.139. The Morgan fingerprint density at radius 3 is 2.70 bits per heavy atom. The minimum absolute atomic E-state index is 0.0116. The Hall–Kier alpha value is -3.41. The maximum absolute atomic E-state index is 13.9. The molecule has 2 aromatic carbocycles. The van der Waals surface area contributed by atoms with Gasteiger partial charge in [-0.3, -0.25) is 15.1 Å². The maximum atomic E-state index is 13.9. The molecule has 0 amide bonds. The number of aliphatic carboxylic acids is 1. The molecule has 0 radical (unpaired) electrons. The quantitative estimate of drug-likeness (QED) is 0.304. The number of hydrogen-bond donors (Lipinski definition) is 3. The summed E-state index contributed by atoms with van der Waals surface area (Å²) in [5.74, 6) is -1.66. The fraction of sp³-hybridized carbons (Fsp3) is 0.231. The zero-order chi connectivity index (χ0) is 26.4. The van der Waals surface area contributed by atoms with Crippen LogP contribution in [0.15, 0.2) is 80.8 Å². The van der Waals surface area contributed by atoms with E-state index in [9.17, 15) is 19.1 Å². The number of benzene rings is 2. The van der Waals surface area contributed by atoms with Crippen molar-refractivity contribution in [3.8, 4) is 0 Å². The molecular formula is C26H24BrFN4O4S. The lowest BCUT2D eigenvalue weighted by atomic mass is 9.95. The molecule has 4 rings (SSSR count). The van der Waals surface area contributed by atoms with E-state index in [1.165, 1.54) is 23.5 Å². The van der Waals surface area contributed by atoms with Crippen LogP contribution < -0.4 is 10.6 Å². The molecule has 3 aromatic rings. The van der Waals surface area contributed by atoms with Gasteiger partial charge in [0.15, 0.2) is 10.8 Å². The summed E-state index contributed by atoms with van der Waals surface area (Å²) in [5.41, 5.74) is 2.01. The summed E-state index contributed by atoms with van der Waals surface area (Å²) in [4.78, 5) is 34.3. The molecule has 0 spiro atoms. The Morgan fingerprint density at radius 2 is 2.05 bits per heavy atom. The summed E-state index contributed by atoms with van der Waals surface area (Å²) in [6.45, 7) is 1.84. The second-order valence-corrected chi connectivity index (χ2v) is 9.83. The first-order chi connectivity index (χ1) is 17.9. The second-order valence-electron chi connectivity index (χ2n) is 8.08. The van der Waals surface area contributed by atoms with Gasteiger partial charge >= 0.3 is 11.9 Å². The SMILES string of the molecule is CCOC(=O)C1=C(CN[C@@H](Cc2ccccc2)C(=O)O)NC(c2nccs2)=NC1c1ccc(F)cc1Br. The molecule has 0 aliphatic carbocycles. The standard InChI is InChI=1S/C26H24BrFN4O4S/c1-2-36-26(35)21-20(14-30-19(25(33)34)12-15-6-4-3-5-7-15)31-23(24-29-10-11-37-24)32-22(21)17-9-8-16(28)13-18(17)27/h3-11,13,19,22,30H,2,12,14H2,1H3,(H,31,32)(H,33,34)/t19-,22?/m0/s1. The van der Waals surface area contributed by atoms with Crippen LogP contribution in [0.1, 0.15) is 29.1 Å². The number of nitrogens with zero attached hydrogens (tertiary/aromatic N) is 2. The first kappa shape index (κ1) is 26.6. The van der Waals surface area contributed by atoms with Gasteiger partial charge in [0.2, 0.25) is 0 Å². The van der Waals surface area contributed by atoms with Crippen LogP contribution in [0.25, 0.3) is 0 Å². The van der Waals surface area contributed by atoms with E-state index in [4.69, 9.17) is 9.73 Å². The van der Waals surface area contributed by atoms with E-state index in [1.54, 1.807) is 24.6 Å². The van der Waals surface area contributed by atoms with Crippen LogP contribution in [0.5, 0.6) is 0 Å². The van der Waals surface area contributed by atoms with E-state index >= 15 is 0 Å². The third-order valence-corrected chi connectivity index (χ3v) is 7.09. The van der Waals surface area contributed by atoms with E-state index in [0.29, 0.717) is 26.6 Å². The van der Waals surface area contributed by atoms with Gasteiger partial charge < -0.3 is 15.2 Å². The number of amidine groups is 1. The molecule has 1 unspecified atom stereocenters. The molecule has 1 aliphatic rings. The number of ether oxygens (including phenoxy) is 1. The number of aromatic nitrogens is 1. The van der Waals surface area contributed by atoms with Crippen LogP contribution >= 0.6 is 27.3 Å². The Labute approximate surface area is 225 Å². The minimum atomic E-state index is -1.02. The van der Waals surface area contributed by atoms with Crippen LogP contribution in [-0.2, 0) is 20.7 Å². The summed E-state index contributed by atoms with van der Waals surface area (Å²) in [6, 6.07) is 11.7. The average molecular weight is 587 g/mol. The number of carbonyl (C=O) groups is 2. The third-order valence-electron chi connectivity index (χ3n) is 5.62. The van der Waals surface area contributed by atoms with Crippen molar-refractivity contribution in [1.82, 2.24) is 15.6 Å². The molecule has 11 heteroatoms. The summed E-state index contributed by atoms with van der Waals surface area (Å²) >= 11 is 4.75. The van der Waals surface area contributed by atoms with Crippen molar-refractivity contribution in [1.29, 1.82) is 0 Å². The summed E-state index contributed by atoms with van der Waals surface area (Å²) in [5, 5.41) is 18.5. The van der Waals surface area contributed by atoms with Crippen LogP contribution in [0.3, 0.4) is 0 Å². The molecule has 0 bridgehead atoms. The summed E-state index contributed by atoms with van der Waals surface area (Å²) in [7, 11) is 0. The van der Waals surface area contributed by atoms with Gasteiger partial charge in [-0.1, -0.05) is 52.3 Å². The van der Waals surface area contributed by atoms with Crippen molar-refractivity contribution in [2.45, 2.75) is 25.4 Å². The van der Waals surface area contributed by atoms with Crippen molar-refractivity contribution in [3.05, 3.63) is 97.8 Å². The van der Waals surface area contributed by atoms with Gasteiger partial charge in [0.25, 0.3) is 0 Å². The monoisotopic (exact) mass is 586 g/mol. The molecule has 1 aliphatic heterocycles. The zero-order valence-corrected chi connectivity index (χ0v) is 22.2. The van der Waals surface area contributed by atoms with Crippen molar-refractivity contribution >= 4 is 45.0 Å². The molecule has 2 heterocycles. The number of aliphatic imine (C=N–C) groups is 1. The molecule has 0 saturated heterocycles. The molecule has 3 N–H and O–H groups in total. The van der Waals surface area contributed by atoms with Gasteiger partial charge in [-0.25, -0.2) is 14.2 Å². The Kier molecular flexibility index (Phi) is 8.80. The lowest BCUT2D eigenvalue weighted by Gasteiger charge is -2.28. The zero-order valence-electron chi connectivity index (χ0n) is 19.8. The Bertz CT molecular complexity index is 1330. The molecule has 2 atom stereocenters. The van der Waals surface area contributed by atoms with Gasteiger partial charge in [0, 0.05) is 28.3 Å². The number of esters is 1. The molecule has 0 fully saturated rings. The number of nitrogens with one attached hydrogen (secondary N) is 2. The van der Waals surface area contributed by atoms with Crippen LogP contribution in [-0.4, -0.2) is 47.1 Å². The number of thiazole rings is 1. The molecule has 8 nitrogen and oxygen atoms in total. The number of halogens is 2. The minimum Gasteiger partial charge on any atom is -0.480 e. The lowest BCUT2D eigenvalue weighted by Crippen LogP contribution is -2.44. The van der Waals surface area contributed by atoms with E-state index in [2.05, 4.69) is 31.5 Å². The average Bonchev–Trinajstić information content (AvgIpc) is 3.42. The highest BCUT2D eigenvalue weighted by atomic mass is 79.9. The van der Waals surface area contributed by atoms with E-state index in [0.717, 1.165) is 5.56 Å². The van der Waals surface area contributed by atoms with Crippen LogP contribution in [0.4, 0.5) is 4.39 Å². The highest BCUT2D eigenvalue weighted by molar-refractivity contribution is 9.10. The largest absolute Gasteiger partial charge is 0.480 e. The fourth-order valence-electron chi connectivity index (χ4n) is 3.90. The normalized spacial score (nSPS) is 16.1. The van der Waals surface area contributed by atoms with Gasteiger partial charge in [-0.2, -0.15) is 0 Å². The third kappa shape index (κ3) is 6.48. The topological polar surface area (TPSA) is 113 Å². The Morgan fingerprint density at radius 1 is 1.27 bits per heavy atom. The molecule has 192 valence electrons. The molecule has 37 heavy (non-hydrogen) atoms. The Balaban J connectivity index is 1.74. The first-order valence-electron chi connectivity index (χ1n) is 11.5. The number of carbonyl (C=O) groups excluding carboxylic acids is 1. The fourth-order valence-corrected chi connectivity index (χ4v) is 5.06. The number of carboxylic acid groups (broad SMARTS) is 1. The van der Waals surface area contributed by atoms with Gasteiger partial charge in [0.05, 0.1) is 12.2 Å². The van der Waals surface area contributed by atoms with E-state index in [-0.39, 0.29) is 25.1 Å². The molecular weight excluding hydrogens is 563 g/mol. The van der Waals surface area contributed by atoms with Gasteiger partial charge in [0.1, 0.15) is 17.9 Å². The van der Waals surface area contributed by atoms with E-state index in [1.807, 2.05) is 30.3 Å².